The Labute approximate surface area is 101 Å². The first kappa shape index (κ1) is 13.5. The predicted molar refractivity (Wildman–Crippen MR) is 66.0 cm³/mol. The highest BCUT2D eigenvalue weighted by molar-refractivity contribution is 5.68. The summed E-state index contributed by atoms with van der Waals surface area (Å²) in [5, 5.41) is 2.72. The monoisotopic (exact) mass is 237 g/mol. The molecular weight excluding hydrogens is 218 g/mol. The number of carbonyl (C=O) groups excluding carboxylic acids is 1. The zero-order valence-corrected chi connectivity index (χ0v) is 10.2. The van der Waals surface area contributed by atoms with Gasteiger partial charge in [0.25, 0.3) is 0 Å². The van der Waals surface area contributed by atoms with Gasteiger partial charge in [-0.2, -0.15) is 0 Å². The molecule has 4 N–H and O–H groups in total. The third-order valence-corrected chi connectivity index (χ3v) is 2.20. The molecule has 1 rings (SSSR count). The quantitative estimate of drug-likeness (QED) is 0.530. The van der Waals surface area contributed by atoms with E-state index in [4.69, 9.17) is 10.6 Å². The molecule has 0 saturated carbocycles. The lowest BCUT2D eigenvalue weighted by Crippen LogP contribution is -2.51. The maximum Gasteiger partial charge on any atom is 0.407 e. The minimum atomic E-state index is -0.450. The maximum atomic E-state index is 11.5. The lowest BCUT2D eigenvalue weighted by atomic mass is 10.1. The van der Waals surface area contributed by atoms with E-state index in [2.05, 4.69) is 10.7 Å². The normalized spacial score (nSPS) is 11.0. The zero-order valence-electron chi connectivity index (χ0n) is 10.2. The number of nitrogens with one attached hydrogen (secondary N) is 2. The van der Waals surface area contributed by atoms with Gasteiger partial charge in [0.15, 0.2) is 0 Å². The van der Waals surface area contributed by atoms with Crippen LogP contribution in [0.4, 0.5) is 4.79 Å². The lowest BCUT2D eigenvalue weighted by molar-refractivity contribution is 0.129. The molecule has 0 spiro atoms. The van der Waals surface area contributed by atoms with E-state index in [0.717, 1.165) is 5.56 Å². The van der Waals surface area contributed by atoms with Crippen molar-refractivity contribution in [3.8, 4) is 0 Å². The zero-order chi connectivity index (χ0) is 12.7. The molecule has 0 bridgehead atoms. The van der Waals surface area contributed by atoms with Crippen molar-refractivity contribution in [1.82, 2.24) is 10.7 Å². The van der Waals surface area contributed by atoms with Gasteiger partial charge in [-0.05, 0) is 19.4 Å². The fourth-order valence-corrected chi connectivity index (χ4v) is 1.33. The average molecular weight is 237 g/mol. The van der Waals surface area contributed by atoms with Crippen molar-refractivity contribution in [2.75, 3.05) is 6.54 Å². The van der Waals surface area contributed by atoms with Crippen LogP contribution in [0, 0.1) is 0 Å². The SMILES string of the molecule is CC(C)(CNN)NC(=O)OCc1ccccc1. The van der Waals surface area contributed by atoms with Gasteiger partial charge in [0, 0.05) is 6.54 Å². The van der Waals surface area contributed by atoms with Crippen LogP contribution in [0.1, 0.15) is 19.4 Å². The third-order valence-electron chi connectivity index (χ3n) is 2.20. The second-order valence-electron chi connectivity index (χ2n) is 4.45. The van der Waals surface area contributed by atoms with E-state index in [9.17, 15) is 4.79 Å². The Morgan fingerprint density at radius 1 is 1.35 bits per heavy atom. The van der Waals surface area contributed by atoms with Gasteiger partial charge in [-0.3, -0.25) is 11.3 Å². The molecule has 1 aromatic rings. The number of hydrazine groups is 1. The number of hydrogen-bond donors (Lipinski definition) is 3. The largest absolute Gasteiger partial charge is 0.445 e. The molecule has 0 radical (unpaired) electrons. The molecule has 0 atom stereocenters. The van der Waals surface area contributed by atoms with Crippen LogP contribution < -0.4 is 16.6 Å². The van der Waals surface area contributed by atoms with E-state index in [-0.39, 0.29) is 6.61 Å². The fourth-order valence-electron chi connectivity index (χ4n) is 1.33. The number of amides is 1. The molecule has 94 valence electrons. The van der Waals surface area contributed by atoms with Gasteiger partial charge in [0.05, 0.1) is 5.54 Å². The number of hydrogen-bond acceptors (Lipinski definition) is 4. The number of rotatable bonds is 5. The summed E-state index contributed by atoms with van der Waals surface area (Å²) in [6.07, 6.45) is -0.450. The van der Waals surface area contributed by atoms with Crippen LogP contribution in [0.5, 0.6) is 0 Å². The molecule has 0 unspecified atom stereocenters. The molecule has 0 saturated heterocycles. The van der Waals surface area contributed by atoms with Crippen molar-refractivity contribution < 1.29 is 9.53 Å². The standard InChI is InChI=1S/C12H19N3O2/c1-12(2,9-14-13)15-11(16)17-8-10-6-4-3-5-7-10/h3-7,14H,8-9,13H2,1-2H3,(H,15,16). The highest BCUT2D eigenvalue weighted by Gasteiger charge is 2.20. The summed E-state index contributed by atoms with van der Waals surface area (Å²) in [5.74, 6) is 5.21. The molecule has 17 heavy (non-hydrogen) atoms. The topological polar surface area (TPSA) is 76.4 Å². The van der Waals surface area contributed by atoms with Crippen molar-refractivity contribution in [3.63, 3.8) is 0 Å². The minimum absolute atomic E-state index is 0.263. The highest BCUT2D eigenvalue weighted by Crippen LogP contribution is 2.03. The first-order chi connectivity index (χ1) is 8.03. The van der Waals surface area contributed by atoms with Crippen LogP contribution >= 0.6 is 0 Å². The second kappa shape index (κ2) is 6.22. The van der Waals surface area contributed by atoms with Crippen LogP contribution in [0.3, 0.4) is 0 Å². The average Bonchev–Trinajstić information content (AvgIpc) is 2.27. The lowest BCUT2D eigenvalue weighted by Gasteiger charge is -2.25. The molecular formula is C12H19N3O2. The van der Waals surface area contributed by atoms with Gasteiger partial charge in [0.1, 0.15) is 6.61 Å². The number of carbonyl (C=O) groups is 1. The van der Waals surface area contributed by atoms with Gasteiger partial charge < -0.3 is 10.1 Å². The molecule has 0 aliphatic heterocycles. The Bertz CT molecular complexity index is 352. The van der Waals surface area contributed by atoms with Crippen molar-refractivity contribution in [2.45, 2.75) is 26.0 Å². The third kappa shape index (κ3) is 5.33. The van der Waals surface area contributed by atoms with Crippen LogP contribution in [0.15, 0.2) is 30.3 Å². The van der Waals surface area contributed by atoms with Crippen LogP contribution in [0.2, 0.25) is 0 Å². The molecule has 5 nitrogen and oxygen atoms in total. The van der Waals surface area contributed by atoms with Crippen molar-refractivity contribution in [2.24, 2.45) is 5.84 Å². The Balaban J connectivity index is 2.35. The Kier molecular flexibility index (Phi) is 4.93. The molecule has 0 fully saturated rings. The van der Waals surface area contributed by atoms with Crippen LogP contribution in [-0.2, 0) is 11.3 Å². The van der Waals surface area contributed by atoms with Crippen LogP contribution in [-0.4, -0.2) is 18.2 Å². The Morgan fingerprint density at radius 3 is 2.59 bits per heavy atom. The summed E-state index contributed by atoms with van der Waals surface area (Å²) >= 11 is 0. The predicted octanol–water partition coefficient (Wildman–Crippen LogP) is 1.15. The van der Waals surface area contributed by atoms with Gasteiger partial charge in [0.2, 0.25) is 0 Å². The fraction of sp³-hybridized carbons (Fsp3) is 0.417. The maximum absolute atomic E-state index is 11.5. The first-order valence-electron chi connectivity index (χ1n) is 5.46. The smallest absolute Gasteiger partial charge is 0.407 e. The Hall–Kier alpha value is -1.59. The summed E-state index contributed by atoms with van der Waals surface area (Å²) in [6.45, 7) is 4.44. The van der Waals surface area contributed by atoms with Gasteiger partial charge in [-0.1, -0.05) is 30.3 Å². The van der Waals surface area contributed by atoms with Gasteiger partial charge in [-0.25, -0.2) is 4.79 Å². The van der Waals surface area contributed by atoms with E-state index < -0.39 is 11.6 Å². The summed E-state index contributed by atoms with van der Waals surface area (Å²) < 4.78 is 5.09. The number of nitrogens with two attached hydrogens (primary N) is 1. The molecule has 1 amide bonds. The van der Waals surface area contributed by atoms with E-state index in [0.29, 0.717) is 6.54 Å². The Morgan fingerprint density at radius 2 is 2.00 bits per heavy atom. The van der Waals surface area contributed by atoms with Crippen molar-refractivity contribution >= 4 is 6.09 Å². The summed E-state index contributed by atoms with van der Waals surface area (Å²) in [5.41, 5.74) is 3.03. The summed E-state index contributed by atoms with van der Waals surface area (Å²) in [6, 6.07) is 9.52. The van der Waals surface area contributed by atoms with E-state index in [1.807, 2.05) is 44.2 Å². The molecule has 5 heteroatoms. The molecule has 0 aliphatic carbocycles. The molecule has 0 aromatic heterocycles. The highest BCUT2D eigenvalue weighted by atomic mass is 16.5. The summed E-state index contributed by atoms with van der Waals surface area (Å²) in [4.78, 5) is 11.5. The van der Waals surface area contributed by atoms with Crippen LogP contribution in [0.25, 0.3) is 0 Å². The first-order valence-corrected chi connectivity index (χ1v) is 5.46. The summed E-state index contributed by atoms with van der Waals surface area (Å²) in [7, 11) is 0. The van der Waals surface area contributed by atoms with Gasteiger partial charge in [-0.15, -0.1) is 0 Å². The minimum Gasteiger partial charge on any atom is -0.445 e. The van der Waals surface area contributed by atoms with E-state index in [1.54, 1.807) is 0 Å². The van der Waals surface area contributed by atoms with Crippen molar-refractivity contribution in [1.29, 1.82) is 0 Å². The van der Waals surface area contributed by atoms with Gasteiger partial charge >= 0.3 is 6.09 Å². The number of ether oxygens (including phenoxy) is 1. The molecule has 1 aromatic carbocycles. The second-order valence-corrected chi connectivity index (χ2v) is 4.45. The van der Waals surface area contributed by atoms with E-state index >= 15 is 0 Å². The molecule has 0 aliphatic rings. The van der Waals surface area contributed by atoms with E-state index in [1.165, 1.54) is 0 Å². The number of benzene rings is 1. The number of alkyl carbamates (subject to hydrolysis) is 1. The molecule has 0 heterocycles. The van der Waals surface area contributed by atoms with Crippen molar-refractivity contribution in [3.05, 3.63) is 35.9 Å².